The van der Waals surface area contributed by atoms with E-state index >= 15 is 0 Å². The van der Waals surface area contributed by atoms with Crippen LogP contribution >= 0.6 is 0 Å². The van der Waals surface area contributed by atoms with Gasteiger partial charge in [0.05, 0.1) is 0 Å². The molecule has 0 radical (unpaired) electrons. The fourth-order valence-electron chi connectivity index (χ4n) is 3.97. The van der Waals surface area contributed by atoms with E-state index in [1.807, 2.05) is 12.1 Å². The molecule has 0 aromatic heterocycles. The average molecular weight is 348 g/mol. The number of hydrogen-bond acceptors (Lipinski definition) is 2. The van der Waals surface area contributed by atoms with Gasteiger partial charge in [-0.25, -0.2) is 4.79 Å². The lowest BCUT2D eigenvalue weighted by Crippen LogP contribution is -2.12. The fraction of sp³-hybridized carbons (Fsp3) is 0.375. The van der Waals surface area contributed by atoms with E-state index in [1.165, 1.54) is 61.3 Å². The highest BCUT2D eigenvalue weighted by Crippen LogP contribution is 2.40. The predicted octanol–water partition coefficient (Wildman–Crippen LogP) is 6.17. The number of ether oxygens (including phenoxy) is 1. The first-order valence-corrected chi connectivity index (χ1v) is 9.72. The molecule has 1 saturated carbocycles. The number of carbonyl (C=O) groups is 1. The van der Waals surface area contributed by atoms with Crippen molar-refractivity contribution < 1.29 is 9.53 Å². The molecule has 0 N–H and O–H groups in total. The molecule has 136 valence electrons. The summed E-state index contributed by atoms with van der Waals surface area (Å²) in [5.41, 5.74) is 4.29. The van der Waals surface area contributed by atoms with Crippen LogP contribution in [0.15, 0.2) is 61.2 Å². The first-order valence-electron chi connectivity index (χ1n) is 9.72. The quantitative estimate of drug-likeness (QED) is 0.354. The maximum atomic E-state index is 11.3. The van der Waals surface area contributed by atoms with Crippen molar-refractivity contribution in [2.75, 3.05) is 0 Å². The Balaban J connectivity index is 1.56. The van der Waals surface area contributed by atoms with Gasteiger partial charge in [0.25, 0.3) is 0 Å². The van der Waals surface area contributed by atoms with Crippen molar-refractivity contribution in [2.45, 2.75) is 57.3 Å². The molecule has 2 aromatic carbocycles. The van der Waals surface area contributed by atoms with Gasteiger partial charge in [0.1, 0.15) is 5.75 Å². The summed E-state index contributed by atoms with van der Waals surface area (Å²) in [5.74, 6) is 1.47. The smallest absolute Gasteiger partial charge is 0.335 e. The van der Waals surface area contributed by atoms with E-state index in [1.54, 1.807) is 0 Å². The zero-order valence-corrected chi connectivity index (χ0v) is 15.6. The molecule has 0 atom stereocenters. The van der Waals surface area contributed by atoms with Crippen LogP contribution < -0.4 is 4.74 Å². The maximum Gasteiger partial charge on any atom is 0.335 e. The predicted molar refractivity (Wildman–Crippen MR) is 107 cm³/mol. The second kappa shape index (κ2) is 8.84. The summed E-state index contributed by atoms with van der Waals surface area (Å²) < 4.78 is 5.15. The van der Waals surface area contributed by atoms with Crippen molar-refractivity contribution >= 4 is 5.97 Å². The van der Waals surface area contributed by atoms with Crippen LogP contribution in [0.2, 0.25) is 0 Å². The molecular formula is C24H28O2. The first-order chi connectivity index (χ1) is 12.7. The van der Waals surface area contributed by atoms with Crippen molar-refractivity contribution in [3.8, 4) is 5.75 Å². The summed E-state index contributed by atoms with van der Waals surface area (Å²) in [4.78, 5) is 11.3. The van der Waals surface area contributed by atoms with E-state index in [4.69, 9.17) is 4.74 Å². The van der Waals surface area contributed by atoms with Crippen LogP contribution in [-0.4, -0.2) is 5.97 Å². The molecule has 0 spiro atoms. The van der Waals surface area contributed by atoms with Gasteiger partial charge in [0.15, 0.2) is 0 Å². The average Bonchev–Trinajstić information content (AvgIpc) is 2.69. The number of rotatable bonds is 6. The van der Waals surface area contributed by atoms with Gasteiger partial charge in [-0.3, -0.25) is 0 Å². The number of hydrogen-bond donors (Lipinski definition) is 0. The molecule has 26 heavy (non-hydrogen) atoms. The van der Waals surface area contributed by atoms with E-state index in [0.717, 1.165) is 0 Å². The van der Waals surface area contributed by atoms with Crippen molar-refractivity contribution in [3.63, 3.8) is 0 Å². The van der Waals surface area contributed by atoms with Gasteiger partial charge < -0.3 is 4.74 Å². The van der Waals surface area contributed by atoms with E-state index in [2.05, 4.69) is 49.9 Å². The van der Waals surface area contributed by atoms with Crippen molar-refractivity contribution in [1.82, 2.24) is 0 Å². The molecule has 1 fully saturated rings. The van der Waals surface area contributed by atoms with Crippen molar-refractivity contribution in [3.05, 3.63) is 77.9 Å². The number of aryl methyl sites for hydroxylation is 1. The summed E-state index contributed by atoms with van der Waals surface area (Å²) >= 11 is 0. The third-order valence-corrected chi connectivity index (χ3v) is 5.45. The molecule has 1 aliphatic carbocycles. The second-order valence-corrected chi connectivity index (χ2v) is 7.23. The van der Waals surface area contributed by atoms with Gasteiger partial charge in [0.2, 0.25) is 0 Å². The van der Waals surface area contributed by atoms with E-state index in [-0.39, 0.29) is 0 Å². The Morgan fingerprint density at radius 2 is 1.46 bits per heavy atom. The minimum atomic E-state index is -0.414. The highest BCUT2D eigenvalue weighted by molar-refractivity contribution is 5.83. The van der Waals surface area contributed by atoms with Crippen molar-refractivity contribution in [2.24, 2.45) is 0 Å². The van der Waals surface area contributed by atoms with Gasteiger partial charge in [-0.1, -0.05) is 56.3 Å². The van der Waals surface area contributed by atoms with Crippen LogP contribution in [0.1, 0.15) is 67.6 Å². The monoisotopic (exact) mass is 348 g/mol. The molecule has 1 aliphatic rings. The van der Waals surface area contributed by atoms with Gasteiger partial charge in [-0.2, -0.15) is 0 Å². The molecule has 2 aromatic rings. The highest BCUT2D eigenvalue weighted by atomic mass is 16.5. The standard InChI is InChI=1S/C24H28O2/c1-3-5-18-6-8-19(9-7-18)20-10-12-21(13-11-20)22-14-16-23(17-15-22)26-24(25)4-2/h4,6-9,14-17,20-21H,2-3,5,10-13H2,1H3. The van der Waals surface area contributed by atoms with Crippen LogP contribution in [0.5, 0.6) is 5.75 Å². The topological polar surface area (TPSA) is 26.3 Å². The Bertz CT molecular complexity index is 720. The number of benzene rings is 2. The molecular weight excluding hydrogens is 320 g/mol. The molecule has 3 rings (SSSR count). The van der Waals surface area contributed by atoms with E-state index in [9.17, 15) is 4.79 Å². The molecule has 0 saturated heterocycles. The van der Waals surface area contributed by atoms with Crippen LogP contribution in [0.4, 0.5) is 0 Å². The summed E-state index contributed by atoms with van der Waals surface area (Å²) in [6.07, 6.45) is 8.47. The summed E-state index contributed by atoms with van der Waals surface area (Å²) in [6.45, 7) is 5.65. The van der Waals surface area contributed by atoms with Crippen molar-refractivity contribution in [1.29, 1.82) is 0 Å². The lowest BCUT2D eigenvalue weighted by atomic mass is 9.76. The molecule has 2 nitrogen and oxygen atoms in total. The summed E-state index contributed by atoms with van der Waals surface area (Å²) in [7, 11) is 0. The SMILES string of the molecule is C=CC(=O)Oc1ccc(C2CCC(c3ccc(CCC)cc3)CC2)cc1. The zero-order valence-electron chi connectivity index (χ0n) is 15.6. The Hall–Kier alpha value is -2.35. The Morgan fingerprint density at radius 1 is 0.962 bits per heavy atom. The van der Waals surface area contributed by atoms with Gasteiger partial charge >= 0.3 is 5.97 Å². The van der Waals surface area contributed by atoms with Crippen LogP contribution in [0.3, 0.4) is 0 Å². The number of esters is 1. The Kier molecular flexibility index (Phi) is 6.27. The lowest BCUT2D eigenvalue weighted by molar-refractivity contribution is -0.128. The van der Waals surface area contributed by atoms with Crippen LogP contribution in [0.25, 0.3) is 0 Å². The summed E-state index contributed by atoms with van der Waals surface area (Å²) in [6, 6.07) is 17.2. The van der Waals surface area contributed by atoms with Crippen LogP contribution in [-0.2, 0) is 11.2 Å². The summed E-state index contributed by atoms with van der Waals surface area (Å²) in [5, 5.41) is 0. The van der Waals surface area contributed by atoms with Crippen LogP contribution in [0, 0.1) is 0 Å². The zero-order chi connectivity index (χ0) is 18.4. The lowest BCUT2D eigenvalue weighted by Gasteiger charge is -2.29. The normalized spacial score (nSPS) is 19.7. The third kappa shape index (κ3) is 4.63. The second-order valence-electron chi connectivity index (χ2n) is 7.23. The largest absolute Gasteiger partial charge is 0.423 e. The fourth-order valence-corrected chi connectivity index (χ4v) is 3.97. The molecule has 0 unspecified atom stereocenters. The minimum absolute atomic E-state index is 0.414. The van der Waals surface area contributed by atoms with E-state index < -0.39 is 5.97 Å². The number of carbonyl (C=O) groups excluding carboxylic acids is 1. The molecule has 0 heterocycles. The van der Waals surface area contributed by atoms with Gasteiger partial charge in [-0.15, -0.1) is 0 Å². The van der Waals surface area contributed by atoms with Gasteiger partial charge in [0, 0.05) is 6.08 Å². The minimum Gasteiger partial charge on any atom is -0.423 e. The highest BCUT2D eigenvalue weighted by Gasteiger charge is 2.23. The third-order valence-electron chi connectivity index (χ3n) is 5.45. The molecule has 0 aliphatic heterocycles. The Morgan fingerprint density at radius 3 is 1.92 bits per heavy atom. The van der Waals surface area contributed by atoms with Gasteiger partial charge in [-0.05, 0) is 72.8 Å². The first kappa shape index (κ1) is 18.4. The van der Waals surface area contributed by atoms with E-state index in [0.29, 0.717) is 17.6 Å². The maximum absolute atomic E-state index is 11.3. The molecule has 0 amide bonds. The molecule has 0 bridgehead atoms. The Labute approximate surface area is 156 Å². The molecule has 2 heteroatoms.